The molecule has 120 valence electrons. The maximum Gasteiger partial charge on any atom is 0.185 e. The molecule has 0 aliphatic carbocycles. The average Bonchev–Trinajstić information content (AvgIpc) is 2.65. The zero-order valence-corrected chi connectivity index (χ0v) is 13.6. The number of nitrogens with two attached hydrogens (primary N) is 1. The standard InChI is InChI=1S/C23H17NO/c24-19-11-9-16(10-12-19)23(25)14-13-22-20-7-3-1-5-17(20)15-18-6-2-4-8-21(18)22/h1-15H,24H2/b14-13+. The molecule has 0 aliphatic rings. The highest BCUT2D eigenvalue weighted by Gasteiger charge is 2.06. The van der Waals surface area contributed by atoms with Crippen LogP contribution in [-0.4, -0.2) is 5.78 Å². The molecule has 0 spiro atoms. The lowest BCUT2D eigenvalue weighted by molar-refractivity contribution is 0.104. The molecule has 0 fully saturated rings. The highest BCUT2D eigenvalue weighted by Crippen LogP contribution is 2.29. The molecule has 2 heteroatoms. The number of anilines is 1. The highest BCUT2D eigenvalue weighted by molar-refractivity contribution is 6.11. The van der Waals surface area contributed by atoms with Crippen molar-refractivity contribution < 1.29 is 4.79 Å². The van der Waals surface area contributed by atoms with Gasteiger partial charge in [0.2, 0.25) is 0 Å². The van der Waals surface area contributed by atoms with E-state index in [0.29, 0.717) is 11.3 Å². The van der Waals surface area contributed by atoms with Crippen LogP contribution >= 0.6 is 0 Å². The third kappa shape index (κ3) is 2.90. The van der Waals surface area contributed by atoms with E-state index in [1.807, 2.05) is 30.3 Å². The number of carbonyl (C=O) groups excluding carboxylic acids is 1. The Morgan fingerprint density at radius 1 is 0.760 bits per heavy atom. The zero-order valence-electron chi connectivity index (χ0n) is 13.6. The number of hydrogen-bond donors (Lipinski definition) is 1. The number of hydrogen-bond acceptors (Lipinski definition) is 2. The average molecular weight is 323 g/mol. The van der Waals surface area contributed by atoms with Crippen LogP contribution in [0.1, 0.15) is 15.9 Å². The fraction of sp³-hybridized carbons (Fsp3) is 0. The summed E-state index contributed by atoms with van der Waals surface area (Å²) >= 11 is 0. The third-order valence-corrected chi connectivity index (χ3v) is 4.41. The Kier molecular flexibility index (Phi) is 3.79. The van der Waals surface area contributed by atoms with Crippen LogP contribution in [0.5, 0.6) is 0 Å². The Labute approximate surface area is 146 Å². The van der Waals surface area contributed by atoms with Crippen molar-refractivity contribution in [3.8, 4) is 0 Å². The summed E-state index contributed by atoms with van der Waals surface area (Å²) < 4.78 is 0. The van der Waals surface area contributed by atoms with Crippen molar-refractivity contribution in [3.63, 3.8) is 0 Å². The van der Waals surface area contributed by atoms with Gasteiger partial charge >= 0.3 is 0 Å². The minimum Gasteiger partial charge on any atom is -0.399 e. The van der Waals surface area contributed by atoms with Crippen molar-refractivity contribution in [2.24, 2.45) is 0 Å². The summed E-state index contributed by atoms with van der Waals surface area (Å²) in [5.41, 5.74) is 8.04. The van der Waals surface area contributed by atoms with Crippen molar-refractivity contribution in [2.75, 3.05) is 5.73 Å². The van der Waals surface area contributed by atoms with E-state index >= 15 is 0 Å². The van der Waals surface area contributed by atoms with Gasteiger partial charge in [0.15, 0.2) is 5.78 Å². The summed E-state index contributed by atoms with van der Waals surface area (Å²) in [6.45, 7) is 0. The fourth-order valence-corrected chi connectivity index (χ4v) is 3.13. The first-order chi connectivity index (χ1) is 12.2. The summed E-state index contributed by atoms with van der Waals surface area (Å²) in [5.74, 6) is -0.0305. The Bertz CT molecular complexity index is 1050. The summed E-state index contributed by atoms with van der Waals surface area (Å²) in [5, 5.41) is 4.62. The molecule has 0 saturated carbocycles. The lowest BCUT2D eigenvalue weighted by atomic mass is 9.96. The number of allylic oxidation sites excluding steroid dienone is 1. The van der Waals surface area contributed by atoms with E-state index in [9.17, 15) is 4.79 Å². The topological polar surface area (TPSA) is 43.1 Å². The number of fused-ring (bicyclic) bond motifs is 2. The molecular formula is C23H17NO. The lowest BCUT2D eigenvalue weighted by Gasteiger charge is -2.08. The summed E-state index contributed by atoms with van der Waals surface area (Å²) in [6.07, 6.45) is 3.56. The van der Waals surface area contributed by atoms with Crippen LogP contribution in [0.3, 0.4) is 0 Å². The van der Waals surface area contributed by atoms with Gasteiger partial charge in [0.1, 0.15) is 0 Å². The van der Waals surface area contributed by atoms with Gasteiger partial charge in [-0.1, -0.05) is 48.5 Å². The van der Waals surface area contributed by atoms with Gasteiger partial charge in [-0.25, -0.2) is 0 Å². The molecule has 4 aromatic carbocycles. The van der Waals surface area contributed by atoms with Crippen LogP contribution in [0.15, 0.2) is 84.9 Å². The summed E-state index contributed by atoms with van der Waals surface area (Å²) in [4.78, 5) is 12.5. The minimum atomic E-state index is -0.0305. The van der Waals surface area contributed by atoms with E-state index in [-0.39, 0.29) is 5.78 Å². The Hall–Kier alpha value is -3.39. The van der Waals surface area contributed by atoms with Crippen molar-refractivity contribution in [3.05, 3.63) is 96.1 Å². The number of carbonyl (C=O) groups is 1. The zero-order chi connectivity index (χ0) is 17.2. The molecule has 0 atom stereocenters. The van der Waals surface area contributed by atoms with Gasteiger partial charge in [0, 0.05) is 11.3 Å². The maximum absolute atomic E-state index is 12.5. The number of benzene rings is 4. The lowest BCUT2D eigenvalue weighted by Crippen LogP contribution is -1.95. The van der Waals surface area contributed by atoms with E-state index in [1.54, 1.807) is 30.3 Å². The predicted molar refractivity (Wildman–Crippen MR) is 106 cm³/mol. The SMILES string of the molecule is Nc1ccc(C(=O)/C=C/c2c3ccccc3cc3ccccc23)cc1. The molecule has 0 aromatic heterocycles. The van der Waals surface area contributed by atoms with Gasteiger partial charge in [-0.15, -0.1) is 0 Å². The summed E-state index contributed by atoms with van der Waals surface area (Å²) in [6, 6.07) is 25.7. The molecule has 2 nitrogen and oxygen atoms in total. The van der Waals surface area contributed by atoms with E-state index < -0.39 is 0 Å². The van der Waals surface area contributed by atoms with E-state index in [4.69, 9.17) is 5.73 Å². The van der Waals surface area contributed by atoms with Crippen LogP contribution in [0.2, 0.25) is 0 Å². The normalized spacial score (nSPS) is 11.4. The quantitative estimate of drug-likeness (QED) is 0.235. The molecule has 25 heavy (non-hydrogen) atoms. The van der Waals surface area contributed by atoms with Crippen LogP contribution in [0.25, 0.3) is 27.6 Å². The molecule has 0 amide bonds. The molecular weight excluding hydrogens is 306 g/mol. The first-order valence-corrected chi connectivity index (χ1v) is 8.21. The molecule has 0 bridgehead atoms. The predicted octanol–water partition coefficient (Wildman–Crippen LogP) is 5.47. The maximum atomic E-state index is 12.5. The second kappa shape index (κ2) is 6.25. The second-order valence-corrected chi connectivity index (χ2v) is 6.05. The Morgan fingerprint density at radius 3 is 1.92 bits per heavy atom. The van der Waals surface area contributed by atoms with Crippen molar-refractivity contribution in [1.29, 1.82) is 0 Å². The molecule has 0 unspecified atom stereocenters. The van der Waals surface area contributed by atoms with E-state index in [1.165, 1.54) is 10.8 Å². The summed E-state index contributed by atoms with van der Waals surface area (Å²) in [7, 11) is 0. The molecule has 4 aromatic rings. The monoisotopic (exact) mass is 323 g/mol. The Balaban J connectivity index is 1.84. The van der Waals surface area contributed by atoms with Crippen LogP contribution in [0.4, 0.5) is 5.69 Å². The van der Waals surface area contributed by atoms with Gasteiger partial charge in [-0.3, -0.25) is 4.79 Å². The van der Waals surface area contributed by atoms with Crippen molar-refractivity contribution in [2.45, 2.75) is 0 Å². The van der Waals surface area contributed by atoms with Gasteiger partial charge in [0.05, 0.1) is 0 Å². The van der Waals surface area contributed by atoms with Gasteiger partial charge in [0.25, 0.3) is 0 Å². The first-order valence-electron chi connectivity index (χ1n) is 8.21. The number of rotatable bonds is 3. The second-order valence-electron chi connectivity index (χ2n) is 6.05. The largest absolute Gasteiger partial charge is 0.399 e. The molecule has 0 heterocycles. The van der Waals surface area contributed by atoms with Gasteiger partial charge < -0.3 is 5.73 Å². The van der Waals surface area contributed by atoms with Crippen LogP contribution in [-0.2, 0) is 0 Å². The van der Waals surface area contributed by atoms with Crippen molar-refractivity contribution in [1.82, 2.24) is 0 Å². The fourth-order valence-electron chi connectivity index (χ4n) is 3.13. The Morgan fingerprint density at radius 2 is 1.32 bits per heavy atom. The molecule has 0 saturated heterocycles. The smallest absolute Gasteiger partial charge is 0.185 e. The number of nitrogen functional groups attached to an aromatic ring is 1. The molecule has 0 radical (unpaired) electrons. The van der Waals surface area contributed by atoms with Gasteiger partial charge in [-0.05, 0) is 69.6 Å². The first kappa shape index (κ1) is 15.2. The van der Waals surface area contributed by atoms with Gasteiger partial charge in [-0.2, -0.15) is 0 Å². The molecule has 4 rings (SSSR count). The molecule has 2 N–H and O–H groups in total. The molecule has 0 aliphatic heterocycles. The van der Waals surface area contributed by atoms with E-state index in [2.05, 4.69) is 30.3 Å². The third-order valence-electron chi connectivity index (χ3n) is 4.41. The van der Waals surface area contributed by atoms with Crippen LogP contribution < -0.4 is 5.73 Å². The van der Waals surface area contributed by atoms with Crippen LogP contribution in [0, 0.1) is 0 Å². The van der Waals surface area contributed by atoms with E-state index in [0.717, 1.165) is 16.3 Å². The highest BCUT2D eigenvalue weighted by atomic mass is 16.1. The minimum absolute atomic E-state index is 0.0305. The van der Waals surface area contributed by atoms with Crippen molar-refractivity contribution >= 4 is 39.1 Å². The number of ketones is 1.